The van der Waals surface area contributed by atoms with Gasteiger partial charge in [0.05, 0.1) is 6.07 Å². The second-order valence-corrected chi connectivity index (χ2v) is 5.04. The first-order valence-corrected chi connectivity index (χ1v) is 6.11. The van der Waals surface area contributed by atoms with Crippen LogP contribution in [0.4, 0.5) is 0 Å². The number of likely N-dealkylation sites (N-methyl/N-ethyl adjacent to an activating group) is 1. The van der Waals surface area contributed by atoms with Gasteiger partial charge in [-0.05, 0) is 37.8 Å². The van der Waals surface area contributed by atoms with Crippen LogP contribution in [-0.2, 0) is 0 Å². The van der Waals surface area contributed by atoms with Crippen LogP contribution < -0.4 is 5.32 Å². The second kappa shape index (κ2) is 4.51. The highest BCUT2D eigenvalue weighted by atomic mass is 15.2. The summed E-state index contributed by atoms with van der Waals surface area (Å²) in [6.45, 7) is 6.80. The maximum Gasteiger partial charge on any atom is 0.0628 e. The van der Waals surface area contributed by atoms with Crippen molar-refractivity contribution < 1.29 is 0 Å². The van der Waals surface area contributed by atoms with Crippen LogP contribution in [-0.4, -0.2) is 37.1 Å². The zero-order chi connectivity index (χ0) is 10.7. The molecular formula is C12H21N3. The Kier molecular flexibility index (Phi) is 3.28. The average Bonchev–Trinajstić information content (AvgIpc) is 2.81. The van der Waals surface area contributed by atoms with E-state index in [9.17, 15) is 0 Å². The van der Waals surface area contributed by atoms with E-state index in [4.69, 9.17) is 5.26 Å². The highest BCUT2D eigenvalue weighted by molar-refractivity contribution is 5.02. The maximum absolute atomic E-state index is 8.81. The van der Waals surface area contributed by atoms with Gasteiger partial charge in [-0.2, -0.15) is 5.26 Å². The molecule has 0 aromatic carbocycles. The van der Waals surface area contributed by atoms with Crippen LogP contribution >= 0.6 is 0 Å². The van der Waals surface area contributed by atoms with E-state index in [0.29, 0.717) is 11.5 Å². The van der Waals surface area contributed by atoms with Gasteiger partial charge in [0.1, 0.15) is 0 Å². The van der Waals surface area contributed by atoms with E-state index in [-0.39, 0.29) is 0 Å². The Balaban J connectivity index is 1.87. The van der Waals surface area contributed by atoms with E-state index in [1.807, 2.05) is 0 Å². The number of nitrogens with one attached hydrogen (secondary N) is 1. The average molecular weight is 207 g/mol. The van der Waals surface area contributed by atoms with Gasteiger partial charge in [-0.3, -0.25) is 4.90 Å². The van der Waals surface area contributed by atoms with Crippen molar-refractivity contribution in [1.29, 1.82) is 5.26 Å². The lowest BCUT2D eigenvalue weighted by Gasteiger charge is -2.30. The van der Waals surface area contributed by atoms with E-state index in [0.717, 1.165) is 32.6 Å². The van der Waals surface area contributed by atoms with Crippen molar-refractivity contribution in [1.82, 2.24) is 10.2 Å². The highest BCUT2D eigenvalue weighted by Gasteiger charge is 2.44. The molecule has 1 saturated heterocycles. The summed E-state index contributed by atoms with van der Waals surface area (Å²) >= 11 is 0. The lowest BCUT2D eigenvalue weighted by atomic mass is 10.0. The van der Waals surface area contributed by atoms with Crippen molar-refractivity contribution in [2.75, 3.05) is 26.2 Å². The van der Waals surface area contributed by atoms with E-state index >= 15 is 0 Å². The summed E-state index contributed by atoms with van der Waals surface area (Å²) in [5.74, 6) is 0. The molecule has 2 aliphatic rings. The molecule has 1 heterocycles. The Morgan fingerprint density at radius 3 is 2.80 bits per heavy atom. The van der Waals surface area contributed by atoms with Crippen molar-refractivity contribution in [2.45, 2.75) is 38.6 Å². The molecule has 2 rings (SSSR count). The van der Waals surface area contributed by atoms with Gasteiger partial charge in [0.25, 0.3) is 0 Å². The Hall–Kier alpha value is -0.590. The molecule has 0 aromatic heterocycles. The molecule has 0 spiro atoms. The molecule has 0 radical (unpaired) electrons. The van der Waals surface area contributed by atoms with Crippen molar-refractivity contribution >= 4 is 0 Å². The molecule has 1 saturated carbocycles. The summed E-state index contributed by atoms with van der Waals surface area (Å²) in [5.41, 5.74) is 0.368. The summed E-state index contributed by atoms with van der Waals surface area (Å²) in [6, 6.07) is 3.06. The van der Waals surface area contributed by atoms with Gasteiger partial charge >= 0.3 is 0 Å². The third kappa shape index (κ3) is 2.50. The molecule has 1 N–H and O–H groups in total. The van der Waals surface area contributed by atoms with Crippen LogP contribution in [0.1, 0.15) is 32.6 Å². The highest BCUT2D eigenvalue weighted by Crippen LogP contribution is 2.49. The molecular weight excluding hydrogens is 186 g/mol. The summed E-state index contributed by atoms with van der Waals surface area (Å²) in [5, 5.41) is 12.2. The van der Waals surface area contributed by atoms with Crippen LogP contribution in [0, 0.1) is 16.7 Å². The van der Waals surface area contributed by atoms with Gasteiger partial charge < -0.3 is 5.32 Å². The number of hydrogen-bond acceptors (Lipinski definition) is 3. The van der Waals surface area contributed by atoms with Crippen molar-refractivity contribution in [3.05, 3.63) is 0 Å². The van der Waals surface area contributed by atoms with Gasteiger partial charge in [0, 0.05) is 25.6 Å². The van der Waals surface area contributed by atoms with Crippen molar-refractivity contribution in [3.63, 3.8) is 0 Å². The molecule has 2 fully saturated rings. The summed E-state index contributed by atoms with van der Waals surface area (Å²) < 4.78 is 0. The molecule has 0 aromatic rings. The molecule has 3 nitrogen and oxygen atoms in total. The minimum absolute atomic E-state index is 0.368. The Morgan fingerprint density at radius 1 is 1.53 bits per heavy atom. The Labute approximate surface area is 92.4 Å². The predicted octanol–water partition coefficient (Wildman–Crippen LogP) is 1.36. The fourth-order valence-electron chi connectivity index (χ4n) is 2.62. The first-order chi connectivity index (χ1) is 7.29. The van der Waals surface area contributed by atoms with E-state index in [1.54, 1.807) is 0 Å². The monoisotopic (exact) mass is 207 g/mol. The summed E-state index contributed by atoms with van der Waals surface area (Å²) in [7, 11) is 0. The predicted molar refractivity (Wildman–Crippen MR) is 60.4 cm³/mol. The molecule has 3 heteroatoms. The van der Waals surface area contributed by atoms with Crippen LogP contribution in [0.5, 0.6) is 0 Å². The summed E-state index contributed by atoms with van der Waals surface area (Å²) in [4.78, 5) is 2.57. The van der Waals surface area contributed by atoms with Gasteiger partial charge in [0.2, 0.25) is 0 Å². The van der Waals surface area contributed by atoms with Crippen LogP contribution in [0.2, 0.25) is 0 Å². The normalized spacial score (nSPS) is 27.9. The number of nitriles is 1. The number of nitrogens with zero attached hydrogens (tertiary/aromatic N) is 2. The third-order valence-corrected chi connectivity index (χ3v) is 3.91. The molecule has 0 amide bonds. The lowest BCUT2D eigenvalue weighted by molar-refractivity contribution is 0.177. The fourth-order valence-corrected chi connectivity index (χ4v) is 2.62. The minimum atomic E-state index is 0.368. The van der Waals surface area contributed by atoms with Gasteiger partial charge in [-0.1, -0.05) is 6.92 Å². The first-order valence-electron chi connectivity index (χ1n) is 6.11. The molecule has 15 heavy (non-hydrogen) atoms. The molecule has 1 atom stereocenters. The van der Waals surface area contributed by atoms with E-state index in [1.165, 1.54) is 19.3 Å². The maximum atomic E-state index is 8.81. The molecule has 1 aliphatic carbocycles. The zero-order valence-corrected chi connectivity index (χ0v) is 9.63. The molecule has 1 unspecified atom stereocenters. The SMILES string of the molecule is CCN(CC1(CC#N)CC1)C1CCNC1. The number of hydrogen-bond donors (Lipinski definition) is 1. The number of rotatable bonds is 5. The fraction of sp³-hybridized carbons (Fsp3) is 0.917. The Morgan fingerprint density at radius 2 is 2.33 bits per heavy atom. The quantitative estimate of drug-likeness (QED) is 0.740. The smallest absolute Gasteiger partial charge is 0.0628 e. The van der Waals surface area contributed by atoms with Crippen LogP contribution in [0.15, 0.2) is 0 Å². The lowest BCUT2D eigenvalue weighted by Crippen LogP contribution is -2.40. The minimum Gasteiger partial charge on any atom is -0.315 e. The summed E-state index contributed by atoms with van der Waals surface area (Å²) in [6.07, 6.45) is 4.55. The largest absolute Gasteiger partial charge is 0.315 e. The zero-order valence-electron chi connectivity index (χ0n) is 9.63. The molecule has 1 aliphatic heterocycles. The van der Waals surface area contributed by atoms with Gasteiger partial charge in [-0.15, -0.1) is 0 Å². The van der Waals surface area contributed by atoms with Crippen molar-refractivity contribution in [3.8, 4) is 6.07 Å². The molecule has 0 bridgehead atoms. The van der Waals surface area contributed by atoms with E-state index < -0.39 is 0 Å². The standard InChI is InChI=1S/C12H21N3/c1-2-15(11-3-8-14-9-11)10-12(4-5-12)6-7-13/h11,14H,2-6,8-10H2,1H3. The van der Waals surface area contributed by atoms with Gasteiger partial charge in [0.15, 0.2) is 0 Å². The van der Waals surface area contributed by atoms with Crippen molar-refractivity contribution in [2.24, 2.45) is 5.41 Å². The third-order valence-electron chi connectivity index (χ3n) is 3.91. The second-order valence-electron chi connectivity index (χ2n) is 5.04. The van der Waals surface area contributed by atoms with Crippen LogP contribution in [0.3, 0.4) is 0 Å². The first kappa shape index (κ1) is 10.9. The van der Waals surface area contributed by atoms with Crippen LogP contribution in [0.25, 0.3) is 0 Å². The Bertz CT molecular complexity index is 246. The van der Waals surface area contributed by atoms with E-state index in [2.05, 4.69) is 23.2 Å². The topological polar surface area (TPSA) is 39.1 Å². The van der Waals surface area contributed by atoms with Gasteiger partial charge in [-0.25, -0.2) is 0 Å². The molecule has 84 valence electrons.